The first-order chi connectivity index (χ1) is 9.72. The summed E-state index contributed by atoms with van der Waals surface area (Å²) in [5, 5.41) is 0. The van der Waals surface area contributed by atoms with Crippen LogP contribution in [0.5, 0.6) is 0 Å². The molecule has 20 heavy (non-hydrogen) atoms. The molecular weight excluding hydrogens is 250 g/mol. The number of hydrogen-bond donors (Lipinski definition) is 1. The van der Waals surface area contributed by atoms with E-state index in [1.54, 1.807) is 18.6 Å². The molecule has 0 aliphatic rings. The molecule has 0 amide bonds. The van der Waals surface area contributed by atoms with Crippen LogP contribution in [0.2, 0.25) is 0 Å². The number of aromatic nitrogens is 4. The van der Waals surface area contributed by atoms with E-state index in [-0.39, 0.29) is 0 Å². The van der Waals surface area contributed by atoms with Gasteiger partial charge in [-0.25, -0.2) is 9.97 Å². The highest BCUT2D eigenvalue weighted by Gasteiger charge is 2.06. The van der Waals surface area contributed by atoms with Crippen molar-refractivity contribution in [3.05, 3.63) is 60.4 Å². The zero-order valence-electron chi connectivity index (χ0n) is 11.2. The van der Waals surface area contributed by atoms with E-state index < -0.39 is 0 Å². The number of aryl methyl sites for hydroxylation is 1. The standard InChI is InChI=1S/C15H15N5/c1-11-3-2-4-13(19-11)9-20-10-17-8-14(20)12-5-6-15(16)18-7-12/h2-8,10H,9H2,1H3,(H2,16,18). The highest BCUT2D eigenvalue weighted by atomic mass is 15.1. The lowest BCUT2D eigenvalue weighted by atomic mass is 10.2. The van der Waals surface area contributed by atoms with Gasteiger partial charge in [-0.15, -0.1) is 0 Å². The number of nitrogen functional groups attached to an aromatic ring is 1. The summed E-state index contributed by atoms with van der Waals surface area (Å²) >= 11 is 0. The third-order valence-corrected chi connectivity index (χ3v) is 3.07. The monoisotopic (exact) mass is 265 g/mol. The summed E-state index contributed by atoms with van der Waals surface area (Å²) in [4.78, 5) is 12.8. The Morgan fingerprint density at radius 1 is 1.15 bits per heavy atom. The van der Waals surface area contributed by atoms with Crippen molar-refractivity contribution in [2.45, 2.75) is 13.5 Å². The van der Waals surface area contributed by atoms with E-state index in [1.807, 2.05) is 37.4 Å². The molecule has 100 valence electrons. The lowest BCUT2D eigenvalue weighted by Gasteiger charge is -2.08. The molecule has 0 radical (unpaired) electrons. The van der Waals surface area contributed by atoms with E-state index in [4.69, 9.17) is 5.73 Å². The first-order valence-corrected chi connectivity index (χ1v) is 6.37. The molecule has 0 spiro atoms. The lowest BCUT2D eigenvalue weighted by Crippen LogP contribution is -2.03. The Morgan fingerprint density at radius 2 is 2.05 bits per heavy atom. The fourth-order valence-corrected chi connectivity index (χ4v) is 2.11. The zero-order chi connectivity index (χ0) is 13.9. The summed E-state index contributed by atoms with van der Waals surface area (Å²) in [6.45, 7) is 2.67. The maximum absolute atomic E-state index is 5.61. The van der Waals surface area contributed by atoms with Crippen LogP contribution in [-0.4, -0.2) is 19.5 Å². The SMILES string of the molecule is Cc1cccc(Cn2cncc2-c2ccc(N)nc2)n1. The number of anilines is 1. The van der Waals surface area contributed by atoms with Crippen molar-refractivity contribution in [2.75, 3.05) is 5.73 Å². The number of pyridine rings is 2. The first-order valence-electron chi connectivity index (χ1n) is 6.37. The molecule has 5 nitrogen and oxygen atoms in total. The van der Waals surface area contributed by atoms with E-state index in [0.717, 1.165) is 22.6 Å². The van der Waals surface area contributed by atoms with Crippen LogP contribution in [0.25, 0.3) is 11.3 Å². The third kappa shape index (κ3) is 2.51. The molecule has 0 saturated carbocycles. The van der Waals surface area contributed by atoms with Crippen LogP contribution >= 0.6 is 0 Å². The molecule has 3 rings (SSSR count). The summed E-state index contributed by atoms with van der Waals surface area (Å²) in [6, 6.07) is 9.75. The summed E-state index contributed by atoms with van der Waals surface area (Å²) in [6.07, 6.45) is 5.38. The number of nitrogens with two attached hydrogens (primary N) is 1. The van der Waals surface area contributed by atoms with Gasteiger partial charge in [0, 0.05) is 17.5 Å². The van der Waals surface area contributed by atoms with Gasteiger partial charge in [-0.2, -0.15) is 0 Å². The molecule has 3 heterocycles. The summed E-state index contributed by atoms with van der Waals surface area (Å²) in [5.41, 5.74) is 9.63. The van der Waals surface area contributed by atoms with Gasteiger partial charge >= 0.3 is 0 Å². The Labute approximate surface area is 117 Å². The van der Waals surface area contributed by atoms with Crippen molar-refractivity contribution >= 4 is 5.82 Å². The first kappa shape index (κ1) is 12.3. The van der Waals surface area contributed by atoms with E-state index in [9.17, 15) is 0 Å². The number of rotatable bonds is 3. The number of nitrogens with zero attached hydrogens (tertiary/aromatic N) is 4. The molecule has 0 fully saturated rings. The van der Waals surface area contributed by atoms with Gasteiger partial charge in [-0.1, -0.05) is 6.07 Å². The summed E-state index contributed by atoms with van der Waals surface area (Å²) in [5.74, 6) is 0.514. The molecule has 0 unspecified atom stereocenters. The van der Waals surface area contributed by atoms with E-state index in [2.05, 4.69) is 19.5 Å². The molecule has 0 aromatic carbocycles. The van der Waals surface area contributed by atoms with E-state index in [0.29, 0.717) is 12.4 Å². The normalized spacial score (nSPS) is 10.7. The van der Waals surface area contributed by atoms with Crippen LogP contribution in [-0.2, 0) is 6.54 Å². The second-order valence-electron chi connectivity index (χ2n) is 4.65. The molecule has 0 aliphatic carbocycles. The molecule has 3 aromatic rings. The fraction of sp³-hybridized carbons (Fsp3) is 0.133. The summed E-state index contributed by atoms with van der Waals surface area (Å²) in [7, 11) is 0. The van der Waals surface area contributed by atoms with Gasteiger partial charge in [-0.3, -0.25) is 4.98 Å². The molecule has 0 bridgehead atoms. The van der Waals surface area contributed by atoms with E-state index in [1.165, 1.54) is 0 Å². The zero-order valence-corrected chi connectivity index (χ0v) is 11.2. The fourth-order valence-electron chi connectivity index (χ4n) is 2.11. The molecule has 5 heteroatoms. The van der Waals surface area contributed by atoms with Crippen LogP contribution in [0.1, 0.15) is 11.4 Å². The van der Waals surface area contributed by atoms with Crippen molar-refractivity contribution in [1.82, 2.24) is 19.5 Å². The molecular formula is C15H15N5. The summed E-state index contributed by atoms with van der Waals surface area (Å²) < 4.78 is 2.05. The average Bonchev–Trinajstić information content (AvgIpc) is 2.88. The van der Waals surface area contributed by atoms with Crippen molar-refractivity contribution in [1.29, 1.82) is 0 Å². The predicted octanol–water partition coefficient (Wildman–Crippen LogP) is 2.28. The van der Waals surface area contributed by atoms with Gasteiger partial charge in [0.25, 0.3) is 0 Å². The van der Waals surface area contributed by atoms with Crippen molar-refractivity contribution < 1.29 is 0 Å². The smallest absolute Gasteiger partial charge is 0.123 e. The Bertz CT molecular complexity index is 715. The predicted molar refractivity (Wildman–Crippen MR) is 77.9 cm³/mol. The molecule has 0 atom stereocenters. The van der Waals surface area contributed by atoms with Crippen LogP contribution in [0.4, 0.5) is 5.82 Å². The van der Waals surface area contributed by atoms with Crippen LogP contribution in [0, 0.1) is 6.92 Å². The van der Waals surface area contributed by atoms with Crippen LogP contribution in [0.3, 0.4) is 0 Å². The van der Waals surface area contributed by atoms with Crippen LogP contribution < -0.4 is 5.73 Å². The van der Waals surface area contributed by atoms with Gasteiger partial charge < -0.3 is 10.3 Å². The Balaban J connectivity index is 1.92. The molecule has 2 N–H and O–H groups in total. The quantitative estimate of drug-likeness (QED) is 0.788. The van der Waals surface area contributed by atoms with Crippen molar-refractivity contribution in [3.8, 4) is 11.3 Å². The molecule has 0 saturated heterocycles. The number of hydrogen-bond acceptors (Lipinski definition) is 4. The van der Waals surface area contributed by atoms with Gasteiger partial charge in [0.15, 0.2) is 0 Å². The third-order valence-electron chi connectivity index (χ3n) is 3.07. The van der Waals surface area contributed by atoms with Gasteiger partial charge in [0.2, 0.25) is 0 Å². The van der Waals surface area contributed by atoms with Crippen molar-refractivity contribution in [3.63, 3.8) is 0 Å². The molecule has 0 aliphatic heterocycles. The van der Waals surface area contributed by atoms with Crippen LogP contribution in [0.15, 0.2) is 49.1 Å². The topological polar surface area (TPSA) is 69.6 Å². The van der Waals surface area contributed by atoms with Gasteiger partial charge in [0.1, 0.15) is 5.82 Å². The minimum absolute atomic E-state index is 0.514. The maximum atomic E-state index is 5.61. The van der Waals surface area contributed by atoms with Crippen molar-refractivity contribution in [2.24, 2.45) is 0 Å². The lowest BCUT2D eigenvalue weighted by molar-refractivity contribution is 0.776. The second kappa shape index (κ2) is 5.13. The Morgan fingerprint density at radius 3 is 2.80 bits per heavy atom. The average molecular weight is 265 g/mol. The Hall–Kier alpha value is -2.69. The number of imidazole rings is 1. The minimum atomic E-state index is 0.514. The van der Waals surface area contributed by atoms with Gasteiger partial charge in [0.05, 0.1) is 30.5 Å². The molecule has 3 aromatic heterocycles. The second-order valence-corrected chi connectivity index (χ2v) is 4.65. The van der Waals surface area contributed by atoms with Gasteiger partial charge in [-0.05, 0) is 31.2 Å². The minimum Gasteiger partial charge on any atom is -0.384 e. The maximum Gasteiger partial charge on any atom is 0.123 e. The highest BCUT2D eigenvalue weighted by molar-refractivity contribution is 5.59. The Kier molecular flexibility index (Phi) is 3.16. The van der Waals surface area contributed by atoms with E-state index >= 15 is 0 Å². The highest BCUT2D eigenvalue weighted by Crippen LogP contribution is 2.19. The largest absolute Gasteiger partial charge is 0.384 e.